The Morgan fingerprint density at radius 3 is 2.57 bits per heavy atom. The first-order valence-electron chi connectivity index (χ1n) is 4.24. The summed E-state index contributed by atoms with van der Waals surface area (Å²) in [5.74, 6) is -2.25. The van der Waals surface area contributed by atoms with Crippen molar-refractivity contribution in [2.45, 2.75) is 19.4 Å². The van der Waals surface area contributed by atoms with E-state index in [0.29, 0.717) is 0 Å². The molecule has 1 rings (SSSR count). The van der Waals surface area contributed by atoms with Crippen LogP contribution in [0.2, 0.25) is 0 Å². The molecule has 76 valence electrons. The SMILES string of the molecule is CC(N)CC(=O)c1ccc(F)c(F)c1. The zero-order valence-corrected chi connectivity index (χ0v) is 7.76. The average molecular weight is 199 g/mol. The third-order valence-corrected chi connectivity index (χ3v) is 1.75. The lowest BCUT2D eigenvalue weighted by Gasteiger charge is -2.04. The minimum atomic E-state index is -1.01. The number of nitrogens with two attached hydrogens (primary N) is 1. The van der Waals surface area contributed by atoms with E-state index in [1.165, 1.54) is 6.07 Å². The number of Topliss-reactive ketones (excluding diaryl/α,β-unsaturated/α-hetero) is 1. The third-order valence-electron chi connectivity index (χ3n) is 1.75. The number of ketones is 1. The molecule has 0 aromatic heterocycles. The zero-order valence-electron chi connectivity index (χ0n) is 7.76. The molecule has 0 aliphatic rings. The van der Waals surface area contributed by atoms with Gasteiger partial charge in [0.15, 0.2) is 17.4 Å². The van der Waals surface area contributed by atoms with Gasteiger partial charge in [0.25, 0.3) is 0 Å². The van der Waals surface area contributed by atoms with Crippen molar-refractivity contribution in [3.63, 3.8) is 0 Å². The van der Waals surface area contributed by atoms with Gasteiger partial charge < -0.3 is 5.73 Å². The van der Waals surface area contributed by atoms with Crippen molar-refractivity contribution < 1.29 is 13.6 Å². The number of hydrogen-bond acceptors (Lipinski definition) is 2. The maximum atomic E-state index is 12.7. The van der Waals surface area contributed by atoms with Crippen LogP contribution in [0.5, 0.6) is 0 Å². The van der Waals surface area contributed by atoms with Gasteiger partial charge in [0.1, 0.15) is 0 Å². The molecule has 1 unspecified atom stereocenters. The lowest BCUT2D eigenvalue weighted by Crippen LogP contribution is -2.19. The standard InChI is InChI=1S/C10H11F2NO/c1-6(13)4-10(14)7-2-3-8(11)9(12)5-7/h2-3,5-6H,4,13H2,1H3. The number of carbonyl (C=O) groups excluding carboxylic acids is 1. The minimum Gasteiger partial charge on any atom is -0.328 e. The van der Waals surface area contributed by atoms with Crippen molar-refractivity contribution in [3.05, 3.63) is 35.4 Å². The van der Waals surface area contributed by atoms with E-state index >= 15 is 0 Å². The molecule has 0 aliphatic carbocycles. The van der Waals surface area contributed by atoms with Crippen LogP contribution in [0.25, 0.3) is 0 Å². The van der Waals surface area contributed by atoms with Gasteiger partial charge in [-0.1, -0.05) is 0 Å². The fourth-order valence-electron chi connectivity index (χ4n) is 1.08. The van der Waals surface area contributed by atoms with E-state index in [9.17, 15) is 13.6 Å². The lowest BCUT2D eigenvalue weighted by molar-refractivity contribution is 0.0976. The highest BCUT2D eigenvalue weighted by molar-refractivity contribution is 5.96. The van der Waals surface area contributed by atoms with Crippen LogP contribution >= 0.6 is 0 Å². The van der Waals surface area contributed by atoms with Gasteiger partial charge in [-0.05, 0) is 25.1 Å². The molecule has 2 nitrogen and oxygen atoms in total. The van der Waals surface area contributed by atoms with Crippen LogP contribution in [0, 0.1) is 11.6 Å². The van der Waals surface area contributed by atoms with E-state index in [1.54, 1.807) is 6.92 Å². The summed E-state index contributed by atoms with van der Waals surface area (Å²) in [6.45, 7) is 1.68. The molecule has 1 atom stereocenters. The Balaban J connectivity index is 2.86. The maximum absolute atomic E-state index is 12.7. The van der Waals surface area contributed by atoms with Crippen LogP contribution in [0.1, 0.15) is 23.7 Å². The number of carbonyl (C=O) groups is 1. The molecule has 0 bridgehead atoms. The summed E-state index contributed by atoms with van der Waals surface area (Å²) >= 11 is 0. The normalized spacial score (nSPS) is 12.6. The Hall–Kier alpha value is -1.29. The molecule has 0 spiro atoms. The van der Waals surface area contributed by atoms with Crippen LogP contribution in [-0.4, -0.2) is 11.8 Å². The third kappa shape index (κ3) is 2.60. The molecule has 0 radical (unpaired) electrons. The van der Waals surface area contributed by atoms with E-state index in [1.807, 2.05) is 0 Å². The fourth-order valence-corrected chi connectivity index (χ4v) is 1.08. The molecule has 0 saturated heterocycles. The quantitative estimate of drug-likeness (QED) is 0.755. The van der Waals surface area contributed by atoms with E-state index in [0.717, 1.165) is 12.1 Å². The summed E-state index contributed by atoms with van der Waals surface area (Å²) in [7, 11) is 0. The summed E-state index contributed by atoms with van der Waals surface area (Å²) in [6, 6.07) is 2.79. The second kappa shape index (κ2) is 4.28. The highest BCUT2D eigenvalue weighted by Gasteiger charge is 2.10. The predicted octanol–water partition coefficient (Wildman–Crippen LogP) is 1.88. The first kappa shape index (κ1) is 10.8. The number of rotatable bonds is 3. The molecule has 0 fully saturated rings. The summed E-state index contributed by atoms with van der Waals surface area (Å²) in [5, 5.41) is 0. The van der Waals surface area contributed by atoms with Crippen molar-refractivity contribution in [1.82, 2.24) is 0 Å². The largest absolute Gasteiger partial charge is 0.328 e. The molecule has 2 N–H and O–H groups in total. The van der Waals surface area contributed by atoms with Gasteiger partial charge in [-0.25, -0.2) is 8.78 Å². The molecule has 14 heavy (non-hydrogen) atoms. The number of benzene rings is 1. The van der Waals surface area contributed by atoms with Crippen molar-refractivity contribution >= 4 is 5.78 Å². The topological polar surface area (TPSA) is 43.1 Å². The van der Waals surface area contributed by atoms with Gasteiger partial charge >= 0.3 is 0 Å². The molecule has 0 aliphatic heterocycles. The summed E-state index contributed by atoms with van der Waals surface area (Å²) in [6.07, 6.45) is 0.130. The Bertz CT molecular complexity index is 350. The van der Waals surface area contributed by atoms with Gasteiger partial charge in [0.2, 0.25) is 0 Å². The molecule has 0 saturated carbocycles. The number of hydrogen-bond donors (Lipinski definition) is 1. The molecule has 1 aromatic rings. The summed E-state index contributed by atoms with van der Waals surface area (Å²) in [5.41, 5.74) is 5.56. The monoisotopic (exact) mass is 199 g/mol. The smallest absolute Gasteiger partial charge is 0.164 e. The predicted molar refractivity (Wildman–Crippen MR) is 49.0 cm³/mol. The van der Waals surface area contributed by atoms with Crippen LogP contribution in [-0.2, 0) is 0 Å². The van der Waals surface area contributed by atoms with Gasteiger partial charge in [-0.2, -0.15) is 0 Å². The fraction of sp³-hybridized carbons (Fsp3) is 0.300. The van der Waals surface area contributed by atoms with E-state index in [-0.39, 0.29) is 23.8 Å². The van der Waals surface area contributed by atoms with Crippen molar-refractivity contribution in [3.8, 4) is 0 Å². The minimum absolute atomic E-state index is 0.130. The summed E-state index contributed by atoms with van der Waals surface area (Å²) < 4.78 is 25.2. The van der Waals surface area contributed by atoms with Crippen molar-refractivity contribution in [2.75, 3.05) is 0 Å². The highest BCUT2D eigenvalue weighted by atomic mass is 19.2. The Kier molecular flexibility index (Phi) is 3.30. The Labute approximate surface area is 80.7 Å². The average Bonchev–Trinajstić information content (AvgIpc) is 2.08. The lowest BCUT2D eigenvalue weighted by atomic mass is 10.1. The zero-order chi connectivity index (χ0) is 10.7. The van der Waals surface area contributed by atoms with Crippen molar-refractivity contribution in [2.24, 2.45) is 5.73 Å². The van der Waals surface area contributed by atoms with Crippen molar-refractivity contribution in [1.29, 1.82) is 0 Å². The van der Waals surface area contributed by atoms with Crippen LogP contribution in [0.3, 0.4) is 0 Å². The molecular weight excluding hydrogens is 188 g/mol. The van der Waals surface area contributed by atoms with Crippen LogP contribution < -0.4 is 5.73 Å². The molecule has 1 aromatic carbocycles. The first-order chi connectivity index (χ1) is 6.50. The van der Waals surface area contributed by atoms with Crippen LogP contribution in [0.4, 0.5) is 8.78 Å². The van der Waals surface area contributed by atoms with Gasteiger partial charge in [-0.3, -0.25) is 4.79 Å². The molecule has 4 heteroatoms. The maximum Gasteiger partial charge on any atom is 0.164 e. The van der Waals surface area contributed by atoms with E-state index in [4.69, 9.17) is 5.73 Å². The van der Waals surface area contributed by atoms with Crippen LogP contribution in [0.15, 0.2) is 18.2 Å². The second-order valence-corrected chi connectivity index (χ2v) is 3.23. The van der Waals surface area contributed by atoms with E-state index < -0.39 is 11.6 Å². The highest BCUT2D eigenvalue weighted by Crippen LogP contribution is 2.10. The molecular formula is C10H11F2NO. The van der Waals surface area contributed by atoms with E-state index in [2.05, 4.69) is 0 Å². The van der Waals surface area contributed by atoms with Gasteiger partial charge in [0, 0.05) is 18.0 Å². The Morgan fingerprint density at radius 1 is 1.43 bits per heavy atom. The number of halogens is 2. The second-order valence-electron chi connectivity index (χ2n) is 3.23. The molecule has 0 heterocycles. The van der Waals surface area contributed by atoms with Gasteiger partial charge in [-0.15, -0.1) is 0 Å². The molecule has 0 amide bonds. The summed E-state index contributed by atoms with van der Waals surface area (Å²) in [4.78, 5) is 11.3. The first-order valence-corrected chi connectivity index (χ1v) is 4.24. The van der Waals surface area contributed by atoms with Gasteiger partial charge in [0.05, 0.1) is 0 Å². The Morgan fingerprint density at radius 2 is 2.07 bits per heavy atom.